The molecule has 1 heterocycles. The molecule has 2 atom stereocenters. The average Bonchev–Trinajstić information content (AvgIpc) is 2.56. The molecule has 4 nitrogen and oxygen atoms in total. The Morgan fingerprint density at radius 3 is 2.91 bits per heavy atom. The van der Waals surface area contributed by atoms with Crippen LogP contribution in [0.3, 0.4) is 0 Å². The van der Waals surface area contributed by atoms with Crippen LogP contribution in [0.4, 0.5) is 0 Å². The Bertz CT molecular complexity index is 558. The molecule has 0 radical (unpaired) electrons. The normalized spacial score (nSPS) is 23.1. The zero-order chi connectivity index (χ0) is 16.2. The lowest BCUT2D eigenvalue weighted by Crippen LogP contribution is -2.52. The number of benzene rings is 1. The van der Waals surface area contributed by atoms with Gasteiger partial charge >= 0.3 is 0 Å². The number of amides is 1. The first-order valence-electron chi connectivity index (χ1n) is 8.99. The number of nitrogens with zero attached hydrogens (tertiary/aromatic N) is 1. The largest absolute Gasteiger partial charge is 0.348 e. The molecule has 2 aliphatic rings. The summed E-state index contributed by atoms with van der Waals surface area (Å²) < 4.78 is 0. The van der Waals surface area contributed by atoms with E-state index in [0.717, 1.165) is 19.6 Å². The van der Waals surface area contributed by atoms with Crippen molar-refractivity contribution >= 4 is 5.91 Å². The molecule has 1 aliphatic heterocycles. The topological polar surface area (TPSA) is 44.4 Å². The number of carbonyl (C=O) groups is 1. The van der Waals surface area contributed by atoms with Crippen LogP contribution >= 0.6 is 0 Å². The van der Waals surface area contributed by atoms with E-state index < -0.39 is 0 Å². The van der Waals surface area contributed by atoms with Gasteiger partial charge in [-0.3, -0.25) is 9.69 Å². The van der Waals surface area contributed by atoms with Gasteiger partial charge in [-0.25, -0.2) is 0 Å². The van der Waals surface area contributed by atoms with Gasteiger partial charge < -0.3 is 10.6 Å². The van der Waals surface area contributed by atoms with Crippen molar-refractivity contribution < 1.29 is 4.79 Å². The van der Waals surface area contributed by atoms with Crippen molar-refractivity contribution in [2.24, 2.45) is 0 Å². The number of carbonyl (C=O) groups excluding carboxylic acids is 1. The van der Waals surface area contributed by atoms with Gasteiger partial charge in [0.2, 0.25) is 5.91 Å². The molecule has 0 spiro atoms. The maximum absolute atomic E-state index is 12.4. The molecule has 0 saturated carbocycles. The lowest BCUT2D eigenvalue weighted by Gasteiger charge is -2.33. The van der Waals surface area contributed by atoms with Crippen molar-refractivity contribution in [1.29, 1.82) is 0 Å². The lowest BCUT2D eigenvalue weighted by molar-refractivity contribution is -0.123. The minimum Gasteiger partial charge on any atom is -0.348 e. The van der Waals surface area contributed by atoms with Crippen molar-refractivity contribution in [2.45, 2.75) is 51.6 Å². The smallest absolute Gasteiger partial charge is 0.234 e. The van der Waals surface area contributed by atoms with Gasteiger partial charge in [0.1, 0.15) is 0 Å². The van der Waals surface area contributed by atoms with Gasteiger partial charge in [0.15, 0.2) is 0 Å². The molecule has 1 unspecified atom stereocenters. The van der Waals surface area contributed by atoms with Crippen molar-refractivity contribution in [3.05, 3.63) is 34.9 Å². The Balaban J connectivity index is 1.57. The fourth-order valence-electron chi connectivity index (χ4n) is 3.70. The first kappa shape index (κ1) is 16.5. The number of hydrogen-bond acceptors (Lipinski definition) is 3. The number of aryl methyl sites for hydroxylation is 2. The van der Waals surface area contributed by atoms with Crippen molar-refractivity contribution in [3.63, 3.8) is 0 Å². The van der Waals surface area contributed by atoms with Gasteiger partial charge in [-0.15, -0.1) is 0 Å². The number of piperazine rings is 1. The Labute approximate surface area is 139 Å². The van der Waals surface area contributed by atoms with E-state index in [-0.39, 0.29) is 11.9 Å². The summed E-state index contributed by atoms with van der Waals surface area (Å²) in [5.41, 5.74) is 4.20. The molecule has 1 aliphatic carbocycles. The monoisotopic (exact) mass is 315 g/mol. The molecular formula is C19H29N3O. The van der Waals surface area contributed by atoms with Crippen LogP contribution in [0.1, 0.15) is 49.4 Å². The van der Waals surface area contributed by atoms with Crippen LogP contribution in [-0.4, -0.2) is 43.0 Å². The summed E-state index contributed by atoms with van der Waals surface area (Å²) in [6, 6.07) is 7.24. The molecule has 1 saturated heterocycles. The number of hydrogen-bond donors (Lipinski definition) is 2. The second kappa shape index (κ2) is 7.45. The number of nitrogens with one attached hydrogen (secondary N) is 2. The highest BCUT2D eigenvalue weighted by atomic mass is 16.2. The first-order chi connectivity index (χ1) is 11.1. The third-order valence-corrected chi connectivity index (χ3v) is 5.24. The number of fused-ring (bicyclic) bond motifs is 1. The summed E-state index contributed by atoms with van der Waals surface area (Å²) in [7, 11) is 0. The molecule has 0 bridgehead atoms. The fraction of sp³-hybridized carbons (Fsp3) is 0.632. The molecule has 1 aromatic rings. The zero-order valence-electron chi connectivity index (χ0n) is 14.4. The Hall–Kier alpha value is -1.39. The van der Waals surface area contributed by atoms with Gasteiger partial charge in [0, 0.05) is 25.7 Å². The average molecular weight is 315 g/mol. The van der Waals surface area contributed by atoms with E-state index in [0.29, 0.717) is 12.6 Å². The van der Waals surface area contributed by atoms with E-state index in [1.807, 2.05) is 0 Å². The highest BCUT2D eigenvalue weighted by Gasteiger charge is 2.21. The third-order valence-electron chi connectivity index (χ3n) is 5.24. The summed E-state index contributed by atoms with van der Waals surface area (Å²) in [6.45, 7) is 7.64. The van der Waals surface area contributed by atoms with Crippen molar-refractivity contribution in [1.82, 2.24) is 15.5 Å². The first-order valence-corrected chi connectivity index (χ1v) is 8.99. The summed E-state index contributed by atoms with van der Waals surface area (Å²) in [5, 5.41) is 6.53. The standard InChI is InChI=1S/C19H29N3O/c1-14-12-20-9-10-22(14)13-19(23)21-15(2)17-8-7-16-5-3-4-6-18(16)11-17/h7-8,11,14-15,20H,3-6,9-10,12-13H2,1-2H3,(H,21,23)/t14-,15?/m0/s1. The Morgan fingerprint density at radius 2 is 2.13 bits per heavy atom. The Morgan fingerprint density at radius 1 is 1.35 bits per heavy atom. The zero-order valence-corrected chi connectivity index (χ0v) is 14.4. The van der Waals surface area contributed by atoms with Crippen LogP contribution in [-0.2, 0) is 17.6 Å². The predicted molar refractivity (Wildman–Crippen MR) is 93.5 cm³/mol. The molecule has 0 aromatic heterocycles. The van der Waals surface area contributed by atoms with Crippen molar-refractivity contribution in [3.8, 4) is 0 Å². The molecule has 1 amide bonds. The predicted octanol–water partition coefficient (Wildman–Crippen LogP) is 2.04. The maximum atomic E-state index is 12.4. The third kappa shape index (κ3) is 4.12. The highest BCUT2D eigenvalue weighted by molar-refractivity contribution is 5.78. The fourth-order valence-corrected chi connectivity index (χ4v) is 3.70. The van der Waals surface area contributed by atoms with Gasteiger partial charge in [-0.2, -0.15) is 0 Å². The number of rotatable bonds is 4. The molecule has 1 aromatic carbocycles. The van der Waals surface area contributed by atoms with Crippen LogP contribution in [0.25, 0.3) is 0 Å². The van der Waals surface area contributed by atoms with Gasteiger partial charge in [0.25, 0.3) is 0 Å². The van der Waals surface area contributed by atoms with Crippen LogP contribution in [0.2, 0.25) is 0 Å². The van der Waals surface area contributed by atoms with Crippen LogP contribution in [0, 0.1) is 0 Å². The van der Waals surface area contributed by atoms with E-state index in [9.17, 15) is 4.79 Å². The van der Waals surface area contributed by atoms with Crippen LogP contribution < -0.4 is 10.6 Å². The molecule has 126 valence electrons. The molecule has 2 N–H and O–H groups in total. The Kier molecular flexibility index (Phi) is 5.34. The summed E-state index contributed by atoms with van der Waals surface area (Å²) in [5.74, 6) is 0.129. The molecular weight excluding hydrogens is 286 g/mol. The SMILES string of the molecule is CC(NC(=O)CN1CCNC[C@@H]1C)c1ccc2c(c1)CCCC2. The minimum atomic E-state index is 0.0768. The summed E-state index contributed by atoms with van der Waals surface area (Å²) >= 11 is 0. The van der Waals surface area contributed by atoms with E-state index >= 15 is 0 Å². The highest BCUT2D eigenvalue weighted by Crippen LogP contribution is 2.24. The minimum absolute atomic E-state index is 0.0768. The molecule has 3 rings (SSSR count). The lowest BCUT2D eigenvalue weighted by atomic mass is 9.89. The van der Waals surface area contributed by atoms with Gasteiger partial charge in [-0.05, 0) is 56.2 Å². The maximum Gasteiger partial charge on any atom is 0.234 e. The van der Waals surface area contributed by atoms with Gasteiger partial charge in [-0.1, -0.05) is 18.2 Å². The van der Waals surface area contributed by atoms with E-state index in [1.54, 1.807) is 0 Å². The second-order valence-corrected chi connectivity index (χ2v) is 7.05. The summed E-state index contributed by atoms with van der Waals surface area (Å²) in [6.07, 6.45) is 4.99. The molecule has 1 fully saturated rings. The van der Waals surface area contributed by atoms with Crippen LogP contribution in [0.5, 0.6) is 0 Å². The van der Waals surface area contributed by atoms with E-state index in [2.05, 4.69) is 47.6 Å². The van der Waals surface area contributed by atoms with Crippen molar-refractivity contribution in [2.75, 3.05) is 26.2 Å². The second-order valence-electron chi connectivity index (χ2n) is 7.05. The van der Waals surface area contributed by atoms with E-state index in [4.69, 9.17) is 0 Å². The summed E-state index contributed by atoms with van der Waals surface area (Å²) in [4.78, 5) is 14.6. The van der Waals surface area contributed by atoms with E-state index in [1.165, 1.54) is 42.4 Å². The quantitative estimate of drug-likeness (QED) is 0.894. The van der Waals surface area contributed by atoms with Crippen LogP contribution in [0.15, 0.2) is 18.2 Å². The molecule has 4 heteroatoms. The van der Waals surface area contributed by atoms with Gasteiger partial charge in [0.05, 0.1) is 12.6 Å². The molecule has 23 heavy (non-hydrogen) atoms.